The molecule has 0 saturated heterocycles. The average molecular weight is 383 g/mol. The summed E-state index contributed by atoms with van der Waals surface area (Å²) in [5.41, 5.74) is 2.18. The number of H-pyrrole nitrogens is 1. The van der Waals surface area contributed by atoms with Gasteiger partial charge in [0.05, 0.1) is 17.6 Å². The minimum Gasteiger partial charge on any atom is -0.353 e. The number of nitrogens with one attached hydrogen (secondary N) is 2. The summed E-state index contributed by atoms with van der Waals surface area (Å²) in [5.74, 6) is 0.200. The molecular weight excluding hydrogens is 362 g/mol. The molecule has 2 N–H and O–H groups in total. The van der Waals surface area contributed by atoms with Gasteiger partial charge in [-0.25, -0.2) is 9.67 Å². The van der Waals surface area contributed by atoms with Crippen LogP contribution < -0.4 is 10.9 Å². The van der Waals surface area contributed by atoms with Crippen LogP contribution in [0.1, 0.15) is 31.2 Å². The number of thioether (sulfide) groups is 1. The van der Waals surface area contributed by atoms with Crippen LogP contribution in [0, 0.1) is 6.92 Å². The second kappa shape index (κ2) is 7.56. The largest absolute Gasteiger partial charge is 0.353 e. The molecule has 1 saturated carbocycles. The summed E-state index contributed by atoms with van der Waals surface area (Å²) < 4.78 is 1.65. The van der Waals surface area contributed by atoms with E-state index in [2.05, 4.69) is 20.4 Å². The normalized spacial score (nSPS) is 14.7. The van der Waals surface area contributed by atoms with Crippen LogP contribution in [-0.4, -0.2) is 37.5 Å². The Morgan fingerprint density at radius 3 is 2.96 bits per heavy atom. The topological polar surface area (TPSA) is 92.7 Å². The Morgan fingerprint density at radius 2 is 2.19 bits per heavy atom. The predicted octanol–water partition coefficient (Wildman–Crippen LogP) is 2.57. The molecule has 4 rings (SSSR count). The van der Waals surface area contributed by atoms with E-state index in [9.17, 15) is 9.59 Å². The summed E-state index contributed by atoms with van der Waals surface area (Å²) >= 11 is 1.23. The van der Waals surface area contributed by atoms with Gasteiger partial charge in [0.15, 0.2) is 10.8 Å². The van der Waals surface area contributed by atoms with Crippen molar-refractivity contribution in [3.8, 4) is 5.69 Å². The molecule has 0 atom stereocenters. The molecule has 1 aromatic carbocycles. The maximum atomic E-state index is 12.4. The fraction of sp³-hybridized carbons (Fsp3) is 0.368. The van der Waals surface area contributed by atoms with E-state index >= 15 is 0 Å². The number of fused-ring (bicyclic) bond motifs is 1. The first kappa shape index (κ1) is 17.8. The Morgan fingerprint density at radius 1 is 1.37 bits per heavy atom. The molecule has 2 aromatic heterocycles. The smallest absolute Gasteiger partial charge is 0.262 e. The fourth-order valence-corrected chi connectivity index (χ4v) is 4.06. The molecule has 0 radical (unpaired) electrons. The van der Waals surface area contributed by atoms with Crippen molar-refractivity contribution in [3.63, 3.8) is 0 Å². The zero-order valence-corrected chi connectivity index (χ0v) is 15.9. The number of hydrogen-bond acceptors (Lipinski definition) is 5. The summed E-state index contributed by atoms with van der Waals surface area (Å²) in [5, 5.41) is 8.21. The molecule has 0 unspecified atom stereocenters. The molecule has 0 spiro atoms. The Hall–Kier alpha value is -2.61. The summed E-state index contributed by atoms with van der Waals surface area (Å²) in [6.45, 7) is 2.00. The van der Waals surface area contributed by atoms with Crippen LogP contribution in [0.5, 0.6) is 0 Å². The minimum atomic E-state index is -0.252. The lowest BCUT2D eigenvalue weighted by Gasteiger charge is -2.11. The molecule has 7 nitrogen and oxygen atoms in total. The molecule has 2 heterocycles. The van der Waals surface area contributed by atoms with E-state index in [4.69, 9.17) is 0 Å². The highest BCUT2D eigenvalue weighted by Gasteiger charge is 2.18. The summed E-state index contributed by atoms with van der Waals surface area (Å²) in [4.78, 5) is 31.8. The Bertz CT molecular complexity index is 1040. The molecule has 140 valence electrons. The predicted molar refractivity (Wildman–Crippen MR) is 105 cm³/mol. The SMILES string of the molecule is Cc1cccc(-n2ncc3c(=O)[nH]c(SCC(=O)NC4CCCC4)nc32)c1. The second-order valence-electron chi connectivity index (χ2n) is 6.84. The van der Waals surface area contributed by atoms with Crippen LogP contribution in [0.2, 0.25) is 0 Å². The Balaban J connectivity index is 1.56. The molecular formula is C19H21N5O2S. The van der Waals surface area contributed by atoms with E-state index < -0.39 is 0 Å². The number of hydrogen-bond donors (Lipinski definition) is 2. The Labute approximate surface area is 160 Å². The lowest BCUT2D eigenvalue weighted by atomic mass is 10.2. The third-order valence-electron chi connectivity index (χ3n) is 4.72. The van der Waals surface area contributed by atoms with Crippen molar-refractivity contribution in [2.24, 2.45) is 0 Å². The van der Waals surface area contributed by atoms with Crippen LogP contribution >= 0.6 is 11.8 Å². The second-order valence-corrected chi connectivity index (χ2v) is 7.81. The molecule has 3 aromatic rings. The molecule has 1 aliphatic rings. The van der Waals surface area contributed by atoms with Crippen LogP contribution in [0.15, 0.2) is 40.4 Å². The van der Waals surface area contributed by atoms with E-state index in [-0.39, 0.29) is 23.3 Å². The van der Waals surface area contributed by atoms with Crippen LogP contribution in [0.25, 0.3) is 16.7 Å². The van der Waals surface area contributed by atoms with Crippen molar-refractivity contribution in [2.75, 3.05) is 5.75 Å². The van der Waals surface area contributed by atoms with Crippen LogP contribution in [0.4, 0.5) is 0 Å². The van der Waals surface area contributed by atoms with Crippen molar-refractivity contribution in [1.29, 1.82) is 0 Å². The quantitative estimate of drug-likeness (QED) is 0.522. The third kappa shape index (κ3) is 3.90. The lowest BCUT2D eigenvalue weighted by molar-refractivity contribution is -0.119. The van der Waals surface area contributed by atoms with Gasteiger partial charge in [-0.1, -0.05) is 36.7 Å². The molecule has 27 heavy (non-hydrogen) atoms. The number of rotatable bonds is 5. The lowest BCUT2D eigenvalue weighted by Crippen LogP contribution is -2.33. The number of aromatic nitrogens is 4. The summed E-state index contributed by atoms with van der Waals surface area (Å²) in [6.07, 6.45) is 5.96. The maximum absolute atomic E-state index is 12.4. The van der Waals surface area contributed by atoms with Gasteiger partial charge in [-0.05, 0) is 37.5 Å². The van der Waals surface area contributed by atoms with Crippen molar-refractivity contribution in [1.82, 2.24) is 25.1 Å². The first-order chi connectivity index (χ1) is 13.1. The van der Waals surface area contributed by atoms with Crippen molar-refractivity contribution in [2.45, 2.75) is 43.8 Å². The molecule has 1 aliphatic carbocycles. The number of amides is 1. The first-order valence-corrected chi connectivity index (χ1v) is 10.1. The van der Waals surface area contributed by atoms with Crippen LogP contribution in [-0.2, 0) is 4.79 Å². The van der Waals surface area contributed by atoms with E-state index in [1.54, 1.807) is 4.68 Å². The van der Waals surface area contributed by atoms with Gasteiger partial charge < -0.3 is 10.3 Å². The van der Waals surface area contributed by atoms with E-state index in [1.807, 2.05) is 31.2 Å². The number of carbonyl (C=O) groups is 1. The van der Waals surface area contributed by atoms with E-state index in [1.165, 1.54) is 30.8 Å². The number of carbonyl (C=O) groups excluding carboxylic acids is 1. The molecule has 1 amide bonds. The van der Waals surface area contributed by atoms with E-state index in [0.29, 0.717) is 16.2 Å². The zero-order valence-electron chi connectivity index (χ0n) is 15.1. The zero-order chi connectivity index (χ0) is 18.8. The molecule has 0 aliphatic heterocycles. The maximum Gasteiger partial charge on any atom is 0.262 e. The molecule has 0 bridgehead atoms. The van der Waals surface area contributed by atoms with E-state index in [0.717, 1.165) is 24.1 Å². The Kier molecular flexibility index (Phi) is 4.98. The highest BCUT2D eigenvalue weighted by atomic mass is 32.2. The van der Waals surface area contributed by atoms with Crippen molar-refractivity contribution in [3.05, 3.63) is 46.4 Å². The number of benzene rings is 1. The van der Waals surface area contributed by atoms with Gasteiger partial charge in [0, 0.05) is 6.04 Å². The van der Waals surface area contributed by atoms with Crippen LogP contribution in [0.3, 0.4) is 0 Å². The van der Waals surface area contributed by atoms with Gasteiger partial charge in [0.2, 0.25) is 5.91 Å². The highest BCUT2D eigenvalue weighted by molar-refractivity contribution is 7.99. The first-order valence-electron chi connectivity index (χ1n) is 9.07. The summed E-state index contributed by atoms with van der Waals surface area (Å²) in [7, 11) is 0. The van der Waals surface area contributed by atoms with Gasteiger partial charge in [-0.15, -0.1) is 0 Å². The average Bonchev–Trinajstić information content (AvgIpc) is 3.30. The van der Waals surface area contributed by atoms with Gasteiger partial charge >= 0.3 is 0 Å². The van der Waals surface area contributed by atoms with Gasteiger partial charge in [0.25, 0.3) is 5.56 Å². The summed E-state index contributed by atoms with van der Waals surface area (Å²) in [6, 6.07) is 8.13. The highest BCUT2D eigenvalue weighted by Crippen LogP contribution is 2.20. The third-order valence-corrected chi connectivity index (χ3v) is 5.60. The van der Waals surface area contributed by atoms with Gasteiger partial charge in [-0.2, -0.15) is 5.10 Å². The number of nitrogens with zero attached hydrogens (tertiary/aromatic N) is 3. The van der Waals surface area contributed by atoms with Crippen molar-refractivity contribution >= 4 is 28.7 Å². The van der Waals surface area contributed by atoms with Crippen molar-refractivity contribution < 1.29 is 4.79 Å². The minimum absolute atomic E-state index is 0.0261. The number of aryl methyl sites for hydroxylation is 1. The van der Waals surface area contributed by atoms with Gasteiger partial charge in [0.1, 0.15) is 5.39 Å². The monoisotopic (exact) mass is 383 g/mol. The molecule has 1 fully saturated rings. The standard InChI is InChI=1S/C19H21N5O2S/c1-12-5-4-8-14(9-12)24-17-15(10-20-24)18(26)23-19(22-17)27-11-16(25)21-13-6-2-3-7-13/h4-5,8-10,13H,2-3,6-7,11H2,1H3,(H,21,25)(H,22,23,26). The van der Waals surface area contributed by atoms with Gasteiger partial charge in [-0.3, -0.25) is 9.59 Å². The molecule has 8 heteroatoms. The fourth-order valence-electron chi connectivity index (χ4n) is 3.39. The number of aromatic amines is 1.